The molecule has 0 fully saturated rings. The molecule has 0 aliphatic rings. The molecule has 3 rings (SSSR count). The first-order valence-corrected chi connectivity index (χ1v) is 8.69. The molecule has 0 bridgehead atoms. The first kappa shape index (κ1) is 17.9. The number of hydrogen-bond donors (Lipinski definition) is 1. The summed E-state index contributed by atoms with van der Waals surface area (Å²) in [5.74, 6) is 2.41. The topological polar surface area (TPSA) is 91.4 Å². The average Bonchev–Trinajstić information content (AvgIpc) is 3.30. The fourth-order valence-electron chi connectivity index (χ4n) is 2.28. The maximum Gasteiger partial charge on any atom is 0.234 e. The molecule has 0 aliphatic carbocycles. The number of methoxy groups -OCH3 is 2. The fraction of sp³-hybridized carbons (Fsp3) is 0.235. The lowest BCUT2D eigenvalue weighted by atomic mass is 10.2. The number of carbonyl (C=O) groups excluding carboxylic acids is 1. The number of carbonyl (C=O) groups is 1. The van der Waals surface area contributed by atoms with Gasteiger partial charge in [0.25, 0.3) is 0 Å². The number of thioether (sulfide) groups is 1. The zero-order valence-electron chi connectivity index (χ0n) is 14.6. The highest BCUT2D eigenvalue weighted by Gasteiger charge is 2.15. The van der Waals surface area contributed by atoms with E-state index >= 15 is 0 Å². The summed E-state index contributed by atoms with van der Waals surface area (Å²) in [5, 5.41) is 11.6. The van der Waals surface area contributed by atoms with E-state index in [0.29, 0.717) is 33.9 Å². The summed E-state index contributed by atoms with van der Waals surface area (Å²) >= 11 is 1.28. The molecular weight excluding hydrogens is 356 g/mol. The Labute approximate surface area is 154 Å². The van der Waals surface area contributed by atoms with Crippen LogP contribution in [0.4, 0.5) is 5.69 Å². The minimum Gasteiger partial charge on any atom is -0.497 e. The van der Waals surface area contributed by atoms with Gasteiger partial charge in [0.1, 0.15) is 11.5 Å². The molecule has 136 valence electrons. The Morgan fingerprint density at radius 1 is 1.27 bits per heavy atom. The number of anilines is 1. The molecule has 1 amide bonds. The highest BCUT2D eigenvalue weighted by atomic mass is 32.2. The van der Waals surface area contributed by atoms with E-state index in [4.69, 9.17) is 13.9 Å². The van der Waals surface area contributed by atoms with Crippen LogP contribution in [0.2, 0.25) is 0 Å². The third-order valence-electron chi connectivity index (χ3n) is 3.59. The molecule has 3 aromatic rings. The number of nitrogens with one attached hydrogen (secondary N) is 1. The number of rotatable bonds is 7. The molecular formula is C17H18N4O4S. The van der Waals surface area contributed by atoms with Crippen molar-refractivity contribution in [3.05, 3.63) is 36.6 Å². The number of furan rings is 1. The van der Waals surface area contributed by atoms with Crippen LogP contribution in [0.25, 0.3) is 11.6 Å². The third-order valence-corrected chi connectivity index (χ3v) is 4.61. The van der Waals surface area contributed by atoms with E-state index in [9.17, 15) is 4.79 Å². The lowest BCUT2D eigenvalue weighted by molar-refractivity contribution is -0.113. The molecule has 0 unspecified atom stereocenters. The van der Waals surface area contributed by atoms with Gasteiger partial charge in [0.05, 0.1) is 31.9 Å². The van der Waals surface area contributed by atoms with Crippen molar-refractivity contribution in [3.8, 4) is 23.1 Å². The number of aromatic nitrogens is 3. The van der Waals surface area contributed by atoms with Crippen molar-refractivity contribution in [2.75, 3.05) is 25.3 Å². The molecule has 0 saturated carbocycles. The van der Waals surface area contributed by atoms with Crippen molar-refractivity contribution in [1.82, 2.24) is 14.8 Å². The molecule has 0 saturated heterocycles. The van der Waals surface area contributed by atoms with Crippen LogP contribution in [0.5, 0.6) is 11.5 Å². The van der Waals surface area contributed by atoms with Gasteiger partial charge < -0.3 is 23.8 Å². The fourth-order valence-corrected chi connectivity index (χ4v) is 2.99. The maximum atomic E-state index is 12.3. The van der Waals surface area contributed by atoms with E-state index in [-0.39, 0.29) is 11.7 Å². The van der Waals surface area contributed by atoms with Gasteiger partial charge in [-0.25, -0.2) is 0 Å². The van der Waals surface area contributed by atoms with Crippen molar-refractivity contribution in [2.24, 2.45) is 7.05 Å². The largest absolute Gasteiger partial charge is 0.497 e. The van der Waals surface area contributed by atoms with Crippen molar-refractivity contribution in [3.63, 3.8) is 0 Å². The average molecular weight is 374 g/mol. The standard InChI is InChI=1S/C17H18N4O4S/c1-21-16(13-5-4-8-25-13)19-20-17(21)26-10-15(22)18-12-7-6-11(23-2)9-14(12)24-3/h4-9H,10H2,1-3H3,(H,18,22). The van der Waals surface area contributed by atoms with Crippen LogP contribution >= 0.6 is 11.8 Å². The third kappa shape index (κ3) is 3.83. The van der Waals surface area contributed by atoms with E-state index in [0.717, 1.165) is 0 Å². The summed E-state index contributed by atoms with van der Waals surface area (Å²) in [5.41, 5.74) is 0.577. The Balaban J connectivity index is 1.63. The zero-order valence-corrected chi connectivity index (χ0v) is 15.4. The molecule has 0 spiro atoms. The van der Waals surface area contributed by atoms with Gasteiger partial charge in [-0.2, -0.15) is 0 Å². The molecule has 8 nitrogen and oxygen atoms in total. The summed E-state index contributed by atoms with van der Waals surface area (Å²) in [6.07, 6.45) is 1.58. The van der Waals surface area contributed by atoms with Gasteiger partial charge in [0.15, 0.2) is 16.7 Å². The molecule has 0 aliphatic heterocycles. The van der Waals surface area contributed by atoms with Gasteiger partial charge in [-0.05, 0) is 24.3 Å². The van der Waals surface area contributed by atoms with Crippen molar-refractivity contribution < 1.29 is 18.7 Å². The Bertz CT molecular complexity index is 892. The first-order chi connectivity index (χ1) is 12.6. The van der Waals surface area contributed by atoms with Crippen molar-refractivity contribution >= 4 is 23.4 Å². The predicted molar refractivity (Wildman–Crippen MR) is 97.6 cm³/mol. The van der Waals surface area contributed by atoms with E-state index in [1.165, 1.54) is 18.9 Å². The molecule has 0 radical (unpaired) electrons. The van der Waals surface area contributed by atoms with Gasteiger partial charge in [-0.3, -0.25) is 4.79 Å². The Kier molecular flexibility index (Phi) is 5.47. The monoisotopic (exact) mass is 374 g/mol. The van der Waals surface area contributed by atoms with Crippen molar-refractivity contribution in [1.29, 1.82) is 0 Å². The quantitative estimate of drug-likeness (QED) is 0.636. The number of nitrogens with zero attached hydrogens (tertiary/aromatic N) is 3. The second-order valence-corrected chi connectivity index (χ2v) is 6.19. The highest BCUT2D eigenvalue weighted by Crippen LogP contribution is 2.29. The number of benzene rings is 1. The Hall–Kier alpha value is -2.94. The van der Waals surface area contributed by atoms with E-state index < -0.39 is 0 Å². The second-order valence-electron chi connectivity index (χ2n) is 5.25. The summed E-state index contributed by atoms with van der Waals surface area (Å²) in [6, 6.07) is 8.79. The molecule has 2 aromatic heterocycles. The molecule has 26 heavy (non-hydrogen) atoms. The van der Waals surface area contributed by atoms with Crippen LogP contribution in [0, 0.1) is 0 Å². The lowest BCUT2D eigenvalue weighted by Crippen LogP contribution is -2.15. The van der Waals surface area contributed by atoms with Crippen LogP contribution in [-0.4, -0.2) is 40.6 Å². The zero-order chi connectivity index (χ0) is 18.5. The van der Waals surface area contributed by atoms with E-state index in [1.54, 1.807) is 48.3 Å². The number of amides is 1. The minimum atomic E-state index is -0.180. The smallest absolute Gasteiger partial charge is 0.234 e. The predicted octanol–water partition coefficient (Wildman–Crippen LogP) is 2.82. The number of ether oxygens (including phenoxy) is 2. The van der Waals surface area contributed by atoms with E-state index in [2.05, 4.69) is 15.5 Å². The van der Waals surface area contributed by atoms with Gasteiger partial charge >= 0.3 is 0 Å². The van der Waals surface area contributed by atoms with E-state index in [1.807, 2.05) is 7.05 Å². The van der Waals surface area contributed by atoms with Crippen LogP contribution in [0.15, 0.2) is 46.2 Å². The van der Waals surface area contributed by atoms with Crippen LogP contribution in [0.3, 0.4) is 0 Å². The number of hydrogen-bond acceptors (Lipinski definition) is 7. The lowest BCUT2D eigenvalue weighted by Gasteiger charge is -2.11. The maximum absolute atomic E-state index is 12.3. The SMILES string of the molecule is COc1ccc(NC(=O)CSc2nnc(-c3ccco3)n2C)c(OC)c1. The molecule has 9 heteroatoms. The van der Waals surface area contributed by atoms with Gasteiger partial charge in [0.2, 0.25) is 5.91 Å². The molecule has 1 aromatic carbocycles. The Morgan fingerprint density at radius 3 is 2.81 bits per heavy atom. The van der Waals surface area contributed by atoms with Crippen molar-refractivity contribution in [2.45, 2.75) is 5.16 Å². The minimum absolute atomic E-state index is 0.180. The molecule has 1 N–H and O–H groups in total. The second kappa shape index (κ2) is 7.96. The summed E-state index contributed by atoms with van der Waals surface area (Å²) in [7, 11) is 4.93. The summed E-state index contributed by atoms with van der Waals surface area (Å²) in [4.78, 5) is 12.3. The summed E-state index contributed by atoms with van der Waals surface area (Å²) in [6.45, 7) is 0. The van der Waals surface area contributed by atoms with Crippen LogP contribution in [-0.2, 0) is 11.8 Å². The molecule has 0 atom stereocenters. The van der Waals surface area contributed by atoms with Gasteiger partial charge in [-0.1, -0.05) is 11.8 Å². The van der Waals surface area contributed by atoms with Crippen LogP contribution < -0.4 is 14.8 Å². The summed E-state index contributed by atoms with van der Waals surface area (Å²) < 4.78 is 17.5. The van der Waals surface area contributed by atoms with Gasteiger partial charge in [0, 0.05) is 13.1 Å². The normalized spacial score (nSPS) is 10.6. The van der Waals surface area contributed by atoms with Gasteiger partial charge in [-0.15, -0.1) is 10.2 Å². The molecule has 2 heterocycles. The van der Waals surface area contributed by atoms with Crippen LogP contribution in [0.1, 0.15) is 0 Å². The highest BCUT2D eigenvalue weighted by molar-refractivity contribution is 7.99. The first-order valence-electron chi connectivity index (χ1n) is 7.70. The Morgan fingerprint density at radius 2 is 2.12 bits per heavy atom.